The molecule has 2 N–H and O–H groups in total. The molecule has 1 fully saturated rings. The molecule has 1 aliphatic rings. The van der Waals surface area contributed by atoms with Crippen molar-refractivity contribution in [2.75, 3.05) is 45.0 Å². The molecular weight excluding hydrogens is 542 g/mol. The Morgan fingerprint density at radius 1 is 1.10 bits per heavy atom. The van der Waals surface area contributed by atoms with Crippen molar-refractivity contribution in [1.29, 1.82) is 0 Å². The van der Waals surface area contributed by atoms with Crippen molar-refractivity contribution in [2.24, 2.45) is 5.16 Å². The summed E-state index contributed by atoms with van der Waals surface area (Å²) in [6, 6.07) is 9.60. The number of thiazole rings is 1. The lowest BCUT2D eigenvalue weighted by molar-refractivity contribution is -0.110. The third-order valence-corrected chi connectivity index (χ3v) is 8.81. The summed E-state index contributed by atoms with van der Waals surface area (Å²) in [5, 5.41) is 10.4. The summed E-state index contributed by atoms with van der Waals surface area (Å²) in [6.07, 6.45) is 4.19. The molecular formula is C26H33N5O6S2. The number of amides is 1. The molecule has 0 bridgehead atoms. The van der Waals surface area contributed by atoms with E-state index in [2.05, 4.69) is 25.8 Å². The molecule has 0 saturated heterocycles. The van der Waals surface area contributed by atoms with Gasteiger partial charge in [-0.15, -0.1) is 0 Å². The number of carbonyl (C=O) groups is 1. The lowest BCUT2D eigenvalue weighted by atomic mass is 10.1. The van der Waals surface area contributed by atoms with Gasteiger partial charge < -0.3 is 19.6 Å². The van der Waals surface area contributed by atoms with Crippen molar-refractivity contribution in [2.45, 2.75) is 43.1 Å². The second-order valence-corrected chi connectivity index (χ2v) is 12.1. The minimum absolute atomic E-state index is 0.0275. The highest BCUT2D eigenvalue weighted by atomic mass is 32.2. The monoisotopic (exact) mass is 575 g/mol. The number of hydrogen-bond acceptors (Lipinski definition) is 11. The topological polar surface area (TPSA) is 141 Å². The van der Waals surface area contributed by atoms with Gasteiger partial charge in [0.1, 0.15) is 23.1 Å². The first-order valence-corrected chi connectivity index (χ1v) is 15.3. The molecule has 2 heterocycles. The second-order valence-electron chi connectivity index (χ2n) is 9.04. The van der Waals surface area contributed by atoms with Crippen LogP contribution in [0, 0.1) is 0 Å². The first-order chi connectivity index (χ1) is 18.9. The predicted octanol–water partition coefficient (Wildman–Crippen LogP) is 3.40. The summed E-state index contributed by atoms with van der Waals surface area (Å²) >= 11 is 1.22. The Hall–Kier alpha value is -3.13. The fraction of sp³-hybridized carbons (Fsp3) is 0.462. The molecule has 1 saturated carbocycles. The number of pyridine rings is 1. The first-order valence-electron chi connectivity index (χ1n) is 12.8. The Labute approximate surface area is 231 Å². The average molecular weight is 576 g/mol. The normalized spacial score (nSPS) is 14.6. The number of carbonyl (C=O) groups excluding carboxylic acids is 1. The molecule has 39 heavy (non-hydrogen) atoms. The molecule has 2 aromatic heterocycles. The lowest BCUT2D eigenvalue weighted by Crippen LogP contribution is -2.25. The summed E-state index contributed by atoms with van der Waals surface area (Å²) in [6.45, 7) is 1.53. The number of sulfone groups is 1. The summed E-state index contributed by atoms with van der Waals surface area (Å²) in [7, 11) is -0.102. The maximum absolute atomic E-state index is 13.4. The zero-order valence-corrected chi connectivity index (χ0v) is 23.6. The van der Waals surface area contributed by atoms with Crippen LogP contribution in [0.25, 0.3) is 10.3 Å². The van der Waals surface area contributed by atoms with Crippen LogP contribution in [-0.2, 0) is 24.2 Å². The van der Waals surface area contributed by atoms with Crippen molar-refractivity contribution >= 4 is 48.3 Å². The summed E-state index contributed by atoms with van der Waals surface area (Å²) in [5.41, 5.74) is 1.09. The lowest BCUT2D eigenvalue weighted by Gasteiger charge is -2.11. The molecule has 0 spiro atoms. The molecule has 1 aromatic carbocycles. The van der Waals surface area contributed by atoms with Gasteiger partial charge in [0.05, 0.1) is 10.6 Å². The number of nitrogens with zero attached hydrogens (tertiary/aromatic N) is 3. The van der Waals surface area contributed by atoms with Crippen LogP contribution in [0.3, 0.4) is 0 Å². The average Bonchev–Trinajstić information content (AvgIpc) is 3.59. The van der Waals surface area contributed by atoms with Gasteiger partial charge in [-0.25, -0.2) is 18.4 Å². The fourth-order valence-corrected chi connectivity index (χ4v) is 6.13. The van der Waals surface area contributed by atoms with Gasteiger partial charge in [0, 0.05) is 31.9 Å². The molecule has 1 amide bonds. The number of methoxy groups -OCH3 is 1. The van der Waals surface area contributed by atoms with Crippen LogP contribution in [0.5, 0.6) is 5.88 Å². The van der Waals surface area contributed by atoms with Gasteiger partial charge in [-0.1, -0.05) is 28.6 Å². The van der Waals surface area contributed by atoms with Crippen molar-refractivity contribution in [3.8, 4) is 5.88 Å². The molecule has 0 atom stereocenters. The van der Waals surface area contributed by atoms with Crippen molar-refractivity contribution in [3.05, 3.63) is 42.0 Å². The smallest absolute Gasteiger partial charge is 0.280 e. The van der Waals surface area contributed by atoms with E-state index in [1.165, 1.54) is 30.6 Å². The van der Waals surface area contributed by atoms with Gasteiger partial charge >= 0.3 is 0 Å². The Kier molecular flexibility index (Phi) is 10.2. The van der Waals surface area contributed by atoms with E-state index in [4.69, 9.17) is 14.3 Å². The maximum atomic E-state index is 13.4. The van der Waals surface area contributed by atoms with E-state index in [-0.39, 0.29) is 22.5 Å². The number of ether oxygens (including phenoxy) is 2. The predicted molar refractivity (Wildman–Crippen MR) is 150 cm³/mol. The van der Waals surface area contributed by atoms with E-state index in [0.717, 1.165) is 25.7 Å². The molecule has 0 radical (unpaired) electrons. The highest BCUT2D eigenvalue weighted by molar-refractivity contribution is 7.91. The highest BCUT2D eigenvalue weighted by Crippen LogP contribution is 2.27. The van der Waals surface area contributed by atoms with E-state index in [0.29, 0.717) is 53.1 Å². The molecule has 4 rings (SSSR count). The summed E-state index contributed by atoms with van der Waals surface area (Å²) < 4.78 is 35.8. The molecule has 13 heteroatoms. The maximum Gasteiger partial charge on any atom is 0.280 e. The summed E-state index contributed by atoms with van der Waals surface area (Å²) in [5.74, 6) is -0.0719. The Morgan fingerprint density at radius 3 is 2.59 bits per heavy atom. The number of nitrogens with one attached hydrogen (secondary N) is 2. The van der Waals surface area contributed by atoms with Crippen LogP contribution in [0.4, 0.5) is 5.13 Å². The van der Waals surface area contributed by atoms with Crippen LogP contribution < -0.4 is 15.4 Å². The van der Waals surface area contributed by atoms with Gasteiger partial charge in [0.2, 0.25) is 5.88 Å². The van der Waals surface area contributed by atoms with Gasteiger partial charge in [-0.05, 0) is 57.4 Å². The van der Waals surface area contributed by atoms with Crippen molar-refractivity contribution in [1.82, 2.24) is 15.3 Å². The molecule has 3 aromatic rings. The number of hydrogen-bond donors (Lipinski definition) is 2. The molecule has 210 valence electrons. The Morgan fingerprint density at radius 2 is 1.87 bits per heavy atom. The largest absolute Gasteiger partial charge is 0.476 e. The minimum Gasteiger partial charge on any atom is -0.476 e. The number of aromatic nitrogens is 2. The van der Waals surface area contributed by atoms with Gasteiger partial charge in [-0.2, -0.15) is 0 Å². The van der Waals surface area contributed by atoms with Gasteiger partial charge in [0.15, 0.2) is 20.7 Å². The quantitative estimate of drug-likeness (QED) is 0.168. The number of anilines is 1. The number of oxime groups is 1. The fourth-order valence-electron chi connectivity index (χ4n) is 4.03. The third kappa shape index (κ3) is 7.94. The molecule has 1 aliphatic carbocycles. The van der Waals surface area contributed by atoms with Crippen molar-refractivity contribution < 1.29 is 27.5 Å². The molecule has 0 aliphatic heterocycles. The second kappa shape index (κ2) is 13.8. The number of fused-ring (bicyclic) bond motifs is 1. The Balaban J connectivity index is 1.53. The van der Waals surface area contributed by atoms with E-state index in [9.17, 15) is 13.2 Å². The zero-order chi connectivity index (χ0) is 27.7. The Bertz CT molecular complexity index is 1390. The number of rotatable bonds is 14. The SMILES string of the molecule is CNCCOc1ccc2nc(NC(=O)C(=NOC3CCCC3)c3ccc(S(=O)(=O)CCCOC)cc3)sc2n1. The van der Waals surface area contributed by atoms with Crippen LogP contribution in [-0.4, -0.2) is 75.8 Å². The standard InChI is InChI=1S/C26H33N5O6S2/c1-27-14-16-36-22-13-12-21-25(29-22)38-26(28-21)30-24(32)23(31-37-19-6-3-4-7-19)18-8-10-20(11-9-18)39(33,34)17-5-15-35-2/h8-13,19,27H,3-7,14-17H2,1-2H3,(H,28,30,32). The van der Waals surface area contributed by atoms with Crippen LogP contribution >= 0.6 is 11.3 Å². The zero-order valence-electron chi connectivity index (χ0n) is 22.0. The summed E-state index contributed by atoms with van der Waals surface area (Å²) in [4.78, 5) is 28.8. The molecule has 11 nitrogen and oxygen atoms in total. The third-order valence-electron chi connectivity index (χ3n) is 6.11. The van der Waals surface area contributed by atoms with Crippen molar-refractivity contribution in [3.63, 3.8) is 0 Å². The number of benzene rings is 1. The first kappa shape index (κ1) is 28.9. The van der Waals surface area contributed by atoms with Crippen LogP contribution in [0.15, 0.2) is 46.4 Å². The van der Waals surface area contributed by atoms with E-state index in [1.807, 2.05) is 7.05 Å². The minimum atomic E-state index is -3.48. The highest BCUT2D eigenvalue weighted by Gasteiger charge is 2.22. The van der Waals surface area contributed by atoms with E-state index >= 15 is 0 Å². The van der Waals surface area contributed by atoms with Crippen LogP contribution in [0.2, 0.25) is 0 Å². The van der Waals surface area contributed by atoms with E-state index in [1.54, 1.807) is 24.3 Å². The van der Waals surface area contributed by atoms with Gasteiger partial charge in [-0.3, -0.25) is 10.1 Å². The van der Waals surface area contributed by atoms with E-state index < -0.39 is 15.7 Å². The van der Waals surface area contributed by atoms with Crippen LogP contribution in [0.1, 0.15) is 37.7 Å². The molecule has 0 unspecified atom stereocenters. The number of likely N-dealkylation sites (N-methyl/N-ethyl adjacent to an activating group) is 1. The van der Waals surface area contributed by atoms with Gasteiger partial charge in [0.25, 0.3) is 5.91 Å².